The molecule has 0 aliphatic carbocycles. The highest BCUT2D eigenvalue weighted by Crippen LogP contribution is 2.45. The maximum atomic E-state index is 13.1. The summed E-state index contributed by atoms with van der Waals surface area (Å²) in [7, 11) is 0. The molecule has 138 valence electrons. The Bertz CT molecular complexity index is 492. The number of halogens is 3. The molecule has 1 aliphatic rings. The lowest BCUT2D eigenvalue weighted by molar-refractivity contribution is -0.227. The van der Waals surface area contributed by atoms with Crippen LogP contribution in [0.25, 0.3) is 0 Å². The van der Waals surface area contributed by atoms with Gasteiger partial charge in [0.25, 0.3) is 0 Å². The number of carboxylic acid groups (broad SMARTS) is 1. The summed E-state index contributed by atoms with van der Waals surface area (Å²) in [6.07, 6.45) is -5.25. The summed E-state index contributed by atoms with van der Waals surface area (Å²) < 4.78 is 39.2. The summed E-state index contributed by atoms with van der Waals surface area (Å²) in [5.41, 5.74) is -2.89. The van der Waals surface area contributed by atoms with Crippen molar-refractivity contribution in [2.24, 2.45) is 5.41 Å². The highest BCUT2D eigenvalue weighted by molar-refractivity contribution is 5.82. The quantitative estimate of drug-likeness (QED) is 0.759. The van der Waals surface area contributed by atoms with E-state index in [1.807, 2.05) is 13.8 Å². The summed E-state index contributed by atoms with van der Waals surface area (Å²) in [6.45, 7) is 3.67. The van der Waals surface area contributed by atoms with Crippen LogP contribution in [-0.4, -0.2) is 65.0 Å². The number of nitrogens with zero attached hydrogens (tertiary/aromatic N) is 2. The summed E-state index contributed by atoms with van der Waals surface area (Å²) in [4.78, 5) is 37.4. The Morgan fingerprint density at radius 1 is 1.17 bits per heavy atom. The minimum Gasteiger partial charge on any atom is -0.481 e. The molecule has 1 saturated heterocycles. The molecule has 1 aliphatic heterocycles. The first-order valence-corrected chi connectivity index (χ1v) is 7.94. The maximum absolute atomic E-state index is 13.1. The summed E-state index contributed by atoms with van der Waals surface area (Å²) in [6, 6.07) is 0. The van der Waals surface area contributed by atoms with Crippen molar-refractivity contribution in [1.29, 1.82) is 0 Å². The number of hydrogen-bond donors (Lipinski definition) is 1. The van der Waals surface area contributed by atoms with Gasteiger partial charge in [-0.2, -0.15) is 13.2 Å². The van der Waals surface area contributed by atoms with Gasteiger partial charge < -0.3 is 14.9 Å². The van der Waals surface area contributed by atoms with Crippen LogP contribution in [0.1, 0.15) is 39.5 Å². The number of likely N-dealkylation sites (tertiary alicyclic amines) is 1. The molecule has 24 heavy (non-hydrogen) atoms. The van der Waals surface area contributed by atoms with Crippen molar-refractivity contribution in [1.82, 2.24) is 9.80 Å². The molecule has 6 nitrogen and oxygen atoms in total. The van der Waals surface area contributed by atoms with Crippen LogP contribution in [0.5, 0.6) is 0 Å². The van der Waals surface area contributed by atoms with Crippen molar-refractivity contribution in [2.45, 2.75) is 45.7 Å². The van der Waals surface area contributed by atoms with E-state index in [0.717, 1.165) is 4.90 Å². The van der Waals surface area contributed by atoms with Crippen molar-refractivity contribution >= 4 is 17.8 Å². The smallest absolute Gasteiger partial charge is 0.406 e. The van der Waals surface area contributed by atoms with Crippen molar-refractivity contribution in [3.05, 3.63) is 0 Å². The van der Waals surface area contributed by atoms with Gasteiger partial charge >= 0.3 is 12.1 Å². The number of carbonyl (C=O) groups excluding carboxylic acids is 2. The van der Waals surface area contributed by atoms with Gasteiger partial charge in [0.2, 0.25) is 11.8 Å². The number of carbonyl (C=O) groups is 3. The molecule has 9 heteroatoms. The normalized spacial score (nSPS) is 21.0. The molecule has 1 unspecified atom stereocenters. The molecule has 0 saturated carbocycles. The molecular weight excluding hydrogens is 329 g/mol. The zero-order valence-corrected chi connectivity index (χ0v) is 13.9. The first-order valence-electron chi connectivity index (χ1n) is 7.94. The van der Waals surface area contributed by atoms with E-state index in [-0.39, 0.29) is 31.7 Å². The van der Waals surface area contributed by atoms with Gasteiger partial charge in [0.15, 0.2) is 5.41 Å². The highest BCUT2D eigenvalue weighted by atomic mass is 19.4. The van der Waals surface area contributed by atoms with E-state index in [1.165, 1.54) is 0 Å². The topological polar surface area (TPSA) is 77.9 Å². The van der Waals surface area contributed by atoms with Crippen LogP contribution in [0.15, 0.2) is 0 Å². The molecule has 1 heterocycles. The molecule has 1 rings (SSSR count). The van der Waals surface area contributed by atoms with Crippen LogP contribution in [-0.2, 0) is 14.4 Å². The van der Waals surface area contributed by atoms with Crippen molar-refractivity contribution < 1.29 is 32.7 Å². The third-order valence-corrected chi connectivity index (χ3v) is 4.47. The number of aliphatic carboxylic acids is 1. The second kappa shape index (κ2) is 7.85. The number of hydrogen-bond acceptors (Lipinski definition) is 3. The zero-order valence-electron chi connectivity index (χ0n) is 13.9. The van der Waals surface area contributed by atoms with Gasteiger partial charge in [-0.25, -0.2) is 0 Å². The fraction of sp³-hybridized carbons (Fsp3) is 0.800. The van der Waals surface area contributed by atoms with E-state index in [0.29, 0.717) is 13.1 Å². The van der Waals surface area contributed by atoms with E-state index in [9.17, 15) is 27.6 Å². The molecule has 2 amide bonds. The van der Waals surface area contributed by atoms with E-state index < -0.39 is 36.4 Å². The van der Waals surface area contributed by atoms with Gasteiger partial charge in [-0.15, -0.1) is 0 Å². The number of alkyl halides is 3. The third-order valence-electron chi connectivity index (χ3n) is 4.47. The van der Waals surface area contributed by atoms with Crippen LogP contribution < -0.4 is 0 Å². The van der Waals surface area contributed by atoms with Crippen molar-refractivity contribution in [2.75, 3.05) is 26.2 Å². The number of carboxylic acids is 1. The molecule has 1 fully saturated rings. The van der Waals surface area contributed by atoms with E-state index in [2.05, 4.69) is 0 Å². The summed E-state index contributed by atoms with van der Waals surface area (Å²) in [5.74, 6) is -2.61. The lowest BCUT2D eigenvalue weighted by atomic mass is 9.86. The monoisotopic (exact) mass is 352 g/mol. The molecule has 0 radical (unpaired) electrons. The van der Waals surface area contributed by atoms with Gasteiger partial charge in [-0.3, -0.25) is 14.4 Å². The predicted octanol–water partition coefficient (Wildman–Crippen LogP) is 1.89. The Kier molecular flexibility index (Phi) is 6.62. The first-order chi connectivity index (χ1) is 11.1. The van der Waals surface area contributed by atoms with Gasteiger partial charge in [0.1, 0.15) is 0 Å². The lowest BCUT2D eigenvalue weighted by Gasteiger charge is -2.27. The van der Waals surface area contributed by atoms with E-state index in [1.54, 1.807) is 4.90 Å². The summed E-state index contributed by atoms with van der Waals surface area (Å²) in [5, 5.41) is 8.96. The SMILES string of the molecule is CCN(CC)C(=O)CCCC(=O)N1CCC(C(=O)O)(C(F)(F)F)C1. The van der Waals surface area contributed by atoms with Crippen LogP contribution in [0.4, 0.5) is 13.2 Å². The average molecular weight is 352 g/mol. The predicted molar refractivity (Wildman–Crippen MR) is 79.1 cm³/mol. The maximum Gasteiger partial charge on any atom is 0.406 e. The van der Waals surface area contributed by atoms with Crippen LogP contribution in [0.2, 0.25) is 0 Å². The Morgan fingerprint density at radius 3 is 2.17 bits per heavy atom. The highest BCUT2D eigenvalue weighted by Gasteiger charge is 2.64. The zero-order chi connectivity index (χ0) is 18.5. The molecule has 0 aromatic carbocycles. The molecule has 1 N–H and O–H groups in total. The Hall–Kier alpha value is -1.80. The molecule has 0 aromatic rings. The van der Waals surface area contributed by atoms with Gasteiger partial charge in [-0.1, -0.05) is 0 Å². The first kappa shape index (κ1) is 20.2. The molecular formula is C15H23F3N2O4. The van der Waals surface area contributed by atoms with Crippen LogP contribution in [0, 0.1) is 5.41 Å². The van der Waals surface area contributed by atoms with Crippen LogP contribution in [0.3, 0.4) is 0 Å². The Labute approximate surface area is 138 Å². The Morgan fingerprint density at radius 2 is 1.75 bits per heavy atom. The van der Waals surface area contributed by atoms with Crippen molar-refractivity contribution in [3.8, 4) is 0 Å². The lowest BCUT2D eigenvalue weighted by Crippen LogP contribution is -2.47. The number of rotatable bonds is 7. The average Bonchev–Trinajstić information content (AvgIpc) is 2.94. The van der Waals surface area contributed by atoms with Gasteiger partial charge in [-0.05, 0) is 26.7 Å². The summed E-state index contributed by atoms with van der Waals surface area (Å²) >= 11 is 0. The fourth-order valence-corrected chi connectivity index (χ4v) is 2.83. The second-order valence-corrected chi connectivity index (χ2v) is 5.87. The van der Waals surface area contributed by atoms with E-state index in [4.69, 9.17) is 5.11 Å². The fourth-order valence-electron chi connectivity index (χ4n) is 2.83. The van der Waals surface area contributed by atoms with E-state index >= 15 is 0 Å². The molecule has 0 aromatic heterocycles. The minimum absolute atomic E-state index is 0.0689. The minimum atomic E-state index is -4.91. The van der Waals surface area contributed by atoms with Crippen LogP contribution >= 0.6 is 0 Å². The standard InChI is InChI=1S/C15H23F3N2O4/c1-3-19(4-2)11(21)6-5-7-12(22)20-9-8-14(10-20,13(23)24)15(16,17)18/h3-10H2,1-2H3,(H,23,24). The second-order valence-electron chi connectivity index (χ2n) is 5.87. The van der Waals surface area contributed by atoms with Gasteiger partial charge in [0.05, 0.1) is 0 Å². The molecule has 1 atom stereocenters. The number of amides is 2. The molecule has 0 spiro atoms. The van der Waals surface area contributed by atoms with Crippen molar-refractivity contribution in [3.63, 3.8) is 0 Å². The third kappa shape index (κ3) is 4.18. The molecule has 0 bridgehead atoms. The Balaban J connectivity index is 2.56. The largest absolute Gasteiger partial charge is 0.481 e. The van der Waals surface area contributed by atoms with Gasteiger partial charge in [0, 0.05) is 39.0 Å².